The van der Waals surface area contributed by atoms with Gasteiger partial charge < -0.3 is 10.1 Å². The van der Waals surface area contributed by atoms with Crippen molar-refractivity contribution in [3.05, 3.63) is 65.2 Å². The van der Waals surface area contributed by atoms with Crippen LogP contribution in [0.1, 0.15) is 23.6 Å². The van der Waals surface area contributed by atoms with Gasteiger partial charge in [-0.3, -0.25) is 0 Å². The summed E-state index contributed by atoms with van der Waals surface area (Å²) in [6, 6.07) is 15.9. The second-order valence-electron chi connectivity index (χ2n) is 7.63. The molecule has 0 spiro atoms. The third-order valence-corrected chi connectivity index (χ3v) is 6.67. The van der Waals surface area contributed by atoms with Crippen molar-refractivity contribution in [1.82, 2.24) is 14.5 Å². The first-order valence-corrected chi connectivity index (χ1v) is 12.1. The monoisotopic (exact) mass is 438 g/mol. The third kappa shape index (κ3) is 4.70. The Bertz CT molecular complexity index is 1190. The molecule has 1 aliphatic rings. The van der Waals surface area contributed by atoms with E-state index in [0.717, 1.165) is 39.3 Å². The van der Waals surface area contributed by atoms with Gasteiger partial charge in [-0.2, -0.15) is 4.31 Å². The standard InChI is InChI=1S/C23H26N4O3S/c1-4-30-23-11-10-22(25-26-23)20-14-18(9-8-16(20)2)24-21-7-5-6-17-15-27(31(3,28)29)13-12-19(17)21/h5-11,14,24H,4,12-13,15H2,1-3H3. The van der Waals surface area contributed by atoms with Crippen LogP contribution in [0.2, 0.25) is 0 Å². The molecule has 0 aliphatic carbocycles. The van der Waals surface area contributed by atoms with Gasteiger partial charge in [0.15, 0.2) is 0 Å². The van der Waals surface area contributed by atoms with Crippen LogP contribution in [0.15, 0.2) is 48.5 Å². The van der Waals surface area contributed by atoms with Crippen molar-refractivity contribution in [2.24, 2.45) is 0 Å². The highest BCUT2D eigenvalue weighted by Gasteiger charge is 2.24. The molecule has 0 atom stereocenters. The zero-order valence-corrected chi connectivity index (χ0v) is 18.7. The van der Waals surface area contributed by atoms with Crippen LogP contribution in [0, 0.1) is 6.92 Å². The third-order valence-electron chi connectivity index (χ3n) is 5.42. The van der Waals surface area contributed by atoms with Crippen molar-refractivity contribution in [3.8, 4) is 17.1 Å². The Balaban J connectivity index is 1.61. The van der Waals surface area contributed by atoms with Gasteiger partial charge >= 0.3 is 0 Å². The number of aromatic nitrogens is 2. The maximum Gasteiger partial charge on any atom is 0.233 e. The van der Waals surface area contributed by atoms with E-state index in [1.54, 1.807) is 0 Å². The number of nitrogens with zero attached hydrogens (tertiary/aromatic N) is 3. The van der Waals surface area contributed by atoms with Gasteiger partial charge in [-0.05, 0) is 61.2 Å². The van der Waals surface area contributed by atoms with E-state index in [0.29, 0.717) is 32.0 Å². The summed E-state index contributed by atoms with van der Waals surface area (Å²) >= 11 is 0. The molecule has 8 heteroatoms. The van der Waals surface area contributed by atoms with E-state index in [1.165, 1.54) is 10.6 Å². The number of nitrogens with one attached hydrogen (secondary N) is 1. The molecule has 0 radical (unpaired) electrons. The Morgan fingerprint density at radius 2 is 1.97 bits per heavy atom. The van der Waals surface area contributed by atoms with Crippen molar-refractivity contribution < 1.29 is 13.2 Å². The van der Waals surface area contributed by atoms with E-state index >= 15 is 0 Å². The Hall–Kier alpha value is -2.97. The lowest BCUT2D eigenvalue weighted by molar-refractivity contribution is 0.323. The Kier molecular flexibility index (Phi) is 5.93. The Morgan fingerprint density at radius 1 is 1.13 bits per heavy atom. The molecule has 1 N–H and O–H groups in total. The molecule has 0 saturated heterocycles. The lowest BCUT2D eigenvalue weighted by atomic mass is 9.98. The maximum atomic E-state index is 11.9. The van der Waals surface area contributed by atoms with Crippen molar-refractivity contribution >= 4 is 21.4 Å². The smallest absolute Gasteiger partial charge is 0.233 e. The molecule has 1 aliphatic heterocycles. The van der Waals surface area contributed by atoms with Crippen LogP contribution in [0.4, 0.5) is 11.4 Å². The fourth-order valence-corrected chi connectivity index (χ4v) is 4.60. The largest absolute Gasteiger partial charge is 0.477 e. The highest BCUT2D eigenvalue weighted by molar-refractivity contribution is 7.88. The molecule has 31 heavy (non-hydrogen) atoms. The average molecular weight is 439 g/mol. The second kappa shape index (κ2) is 8.64. The predicted octanol–water partition coefficient (Wildman–Crippen LogP) is 3.91. The van der Waals surface area contributed by atoms with E-state index < -0.39 is 10.0 Å². The molecule has 7 nitrogen and oxygen atoms in total. The molecule has 4 rings (SSSR count). The number of rotatable bonds is 6. The molecular formula is C23H26N4O3S. The maximum absolute atomic E-state index is 11.9. The molecule has 2 heterocycles. The average Bonchev–Trinajstić information content (AvgIpc) is 2.75. The second-order valence-corrected chi connectivity index (χ2v) is 9.62. The molecule has 0 unspecified atom stereocenters. The SMILES string of the molecule is CCOc1ccc(-c2cc(Nc3cccc4c3CCN(S(C)(=O)=O)C4)ccc2C)nn1. The van der Waals surface area contributed by atoms with Gasteiger partial charge in [-0.25, -0.2) is 8.42 Å². The fraction of sp³-hybridized carbons (Fsp3) is 0.304. The van der Waals surface area contributed by atoms with E-state index in [9.17, 15) is 8.42 Å². The molecular weight excluding hydrogens is 412 g/mol. The first kappa shape index (κ1) is 21.3. The summed E-state index contributed by atoms with van der Waals surface area (Å²) in [5.41, 5.74) is 7.00. The van der Waals surface area contributed by atoms with Gasteiger partial charge in [0.1, 0.15) is 0 Å². The first-order chi connectivity index (χ1) is 14.8. The number of anilines is 2. The quantitative estimate of drug-likeness (QED) is 0.628. The summed E-state index contributed by atoms with van der Waals surface area (Å²) in [4.78, 5) is 0. The lowest BCUT2D eigenvalue weighted by Gasteiger charge is -2.28. The molecule has 0 fully saturated rings. The number of aryl methyl sites for hydroxylation is 1. The van der Waals surface area contributed by atoms with E-state index in [4.69, 9.17) is 4.74 Å². The summed E-state index contributed by atoms with van der Waals surface area (Å²) in [7, 11) is -3.20. The molecule has 1 aromatic heterocycles. The molecule has 0 bridgehead atoms. The molecule has 3 aromatic rings. The number of hydrogen-bond donors (Lipinski definition) is 1. The van der Waals surface area contributed by atoms with Gasteiger partial charge in [-0.15, -0.1) is 10.2 Å². The lowest BCUT2D eigenvalue weighted by Crippen LogP contribution is -2.35. The van der Waals surface area contributed by atoms with E-state index in [2.05, 4.69) is 27.6 Å². The summed E-state index contributed by atoms with van der Waals surface area (Å²) in [5, 5.41) is 12.0. The highest BCUT2D eigenvalue weighted by atomic mass is 32.2. The summed E-state index contributed by atoms with van der Waals surface area (Å²) in [5.74, 6) is 0.511. The normalized spacial score (nSPS) is 14.2. The van der Waals surface area contributed by atoms with Crippen molar-refractivity contribution in [1.29, 1.82) is 0 Å². The number of ether oxygens (including phenoxy) is 1. The number of fused-ring (bicyclic) bond motifs is 1. The zero-order valence-electron chi connectivity index (χ0n) is 17.9. The Morgan fingerprint density at radius 3 is 2.68 bits per heavy atom. The summed E-state index contributed by atoms with van der Waals surface area (Å²) < 4.78 is 30.8. The van der Waals surface area contributed by atoms with Gasteiger partial charge in [0.2, 0.25) is 15.9 Å². The summed E-state index contributed by atoms with van der Waals surface area (Å²) in [6.07, 6.45) is 1.94. The Labute approximate surface area is 183 Å². The van der Waals surface area contributed by atoms with Crippen LogP contribution in [0.3, 0.4) is 0 Å². The van der Waals surface area contributed by atoms with Crippen LogP contribution >= 0.6 is 0 Å². The predicted molar refractivity (Wildman–Crippen MR) is 122 cm³/mol. The van der Waals surface area contributed by atoms with E-state index in [-0.39, 0.29) is 0 Å². The van der Waals surface area contributed by atoms with Crippen LogP contribution in [-0.4, -0.2) is 42.3 Å². The van der Waals surface area contributed by atoms with Gasteiger partial charge in [-0.1, -0.05) is 18.2 Å². The van der Waals surface area contributed by atoms with Gasteiger partial charge in [0.05, 0.1) is 18.6 Å². The molecule has 2 aromatic carbocycles. The van der Waals surface area contributed by atoms with Crippen molar-refractivity contribution in [2.45, 2.75) is 26.8 Å². The van der Waals surface area contributed by atoms with Crippen LogP contribution < -0.4 is 10.1 Å². The van der Waals surface area contributed by atoms with Gasteiger partial charge in [0.25, 0.3) is 0 Å². The molecule has 0 amide bonds. The minimum absolute atomic E-state index is 0.407. The number of sulfonamides is 1. The minimum Gasteiger partial charge on any atom is -0.477 e. The van der Waals surface area contributed by atoms with Crippen molar-refractivity contribution in [2.75, 3.05) is 24.7 Å². The van der Waals surface area contributed by atoms with Crippen LogP contribution in [-0.2, 0) is 23.0 Å². The van der Waals surface area contributed by atoms with Gasteiger partial charge in [0, 0.05) is 36.1 Å². The van der Waals surface area contributed by atoms with Crippen LogP contribution in [0.5, 0.6) is 5.88 Å². The van der Waals surface area contributed by atoms with Crippen LogP contribution in [0.25, 0.3) is 11.3 Å². The fourth-order valence-electron chi connectivity index (χ4n) is 3.80. The minimum atomic E-state index is -3.20. The zero-order chi connectivity index (χ0) is 22.0. The molecule has 0 saturated carbocycles. The number of hydrogen-bond acceptors (Lipinski definition) is 6. The first-order valence-electron chi connectivity index (χ1n) is 10.3. The number of benzene rings is 2. The highest BCUT2D eigenvalue weighted by Crippen LogP contribution is 2.32. The van der Waals surface area contributed by atoms with E-state index in [1.807, 2.05) is 50.2 Å². The molecule has 162 valence electrons. The van der Waals surface area contributed by atoms with Crippen molar-refractivity contribution in [3.63, 3.8) is 0 Å². The summed E-state index contributed by atoms with van der Waals surface area (Å²) in [6.45, 7) is 5.41. The topological polar surface area (TPSA) is 84.4 Å².